The molecule has 168 valence electrons. The van der Waals surface area contributed by atoms with Crippen LogP contribution < -0.4 is 14.8 Å². The average molecular weight is 457 g/mol. The molecular weight excluding hydrogens is 432 g/mol. The van der Waals surface area contributed by atoms with E-state index in [1.54, 1.807) is 36.1 Å². The zero-order chi connectivity index (χ0) is 22.7. The number of likely N-dealkylation sites (tertiary alicyclic amines) is 1. The molecule has 0 aliphatic carbocycles. The molecule has 0 bridgehead atoms. The van der Waals surface area contributed by atoms with Crippen LogP contribution in [-0.4, -0.2) is 47.8 Å². The number of nitrogens with one attached hydrogen (secondary N) is 1. The van der Waals surface area contributed by atoms with Gasteiger partial charge < -0.3 is 19.7 Å². The predicted molar refractivity (Wildman–Crippen MR) is 119 cm³/mol. The first-order valence-electron chi connectivity index (χ1n) is 10.6. The van der Waals surface area contributed by atoms with E-state index in [1.165, 1.54) is 0 Å². The summed E-state index contributed by atoms with van der Waals surface area (Å²) in [5, 5.41) is 3.35. The third-order valence-corrected chi connectivity index (χ3v) is 6.35. The molecule has 2 aliphatic rings. The van der Waals surface area contributed by atoms with Gasteiger partial charge in [0.05, 0.1) is 12.0 Å². The van der Waals surface area contributed by atoms with Gasteiger partial charge in [-0.05, 0) is 29.8 Å². The van der Waals surface area contributed by atoms with Gasteiger partial charge in [0.1, 0.15) is 17.1 Å². The maximum Gasteiger partial charge on any atom is 0.258 e. The average Bonchev–Trinajstić information content (AvgIpc) is 2.77. The van der Waals surface area contributed by atoms with E-state index in [0.29, 0.717) is 54.6 Å². The van der Waals surface area contributed by atoms with Gasteiger partial charge in [-0.1, -0.05) is 29.8 Å². The number of carbonyl (C=O) groups excluding carboxylic acids is 3. The molecule has 0 saturated carbocycles. The van der Waals surface area contributed by atoms with Crippen LogP contribution in [0.2, 0.25) is 5.02 Å². The van der Waals surface area contributed by atoms with Gasteiger partial charge in [0, 0.05) is 44.4 Å². The highest BCUT2D eigenvalue weighted by atomic mass is 35.5. The SMILES string of the molecule is CC(=O)N1CCC2(CC1)CC(=O)c1cc(OCC(=O)NCc3ccccc3Cl)ccc1O2. The number of nitrogens with zero attached hydrogens (tertiary/aromatic N) is 1. The van der Waals surface area contributed by atoms with E-state index in [2.05, 4.69) is 5.32 Å². The Morgan fingerprint density at radius 2 is 1.94 bits per heavy atom. The fraction of sp³-hybridized carbons (Fsp3) is 0.375. The molecule has 0 atom stereocenters. The highest BCUT2D eigenvalue weighted by Crippen LogP contribution is 2.40. The Kier molecular flexibility index (Phi) is 6.37. The standard InChI is InChI=1S/C24H25ClN2O5/c1-16(28)27-10-8-24(9-11-27)13-21(29)19-12-18(6-7-22(19)32-24)31-15-23(30)26-14-17-4-2-3-5-20(17)25/h2-7,12H,8-11,13-15H2,1H3,(H,26,30). The van der Waals surface area contributed by atoms with Crippen molar-refractivity contribution < 1.29 is 23.9 Å². The Balaban J connectivity index is 1.34. The largest absolute Gasteiger partial charge is 0.486 e. The van der Waals surface area contributed by atoms with Gasteiger partial charge in [0.2, 0.25) is 5.91 Å². The summed E-state index contributed by atoms with van der Waals surface area (Å²) in [6.45, 7) is 2.86. The minimum Gasteiger partial charge on any atom is -0.486 e. The van der Waals surface area contributed by atoms with Gasteiger partial charge >= 0.3 is 0 Å². The van der Waals surface area contributed by atoms with E-state index in [-0.39, 0.29) is 30.6 Å². The third-order valence-electron chi connectivity index (χ3n) is 5.98. The van der Waals surface area contributed by atoms with Crippen molar-refractivity contribution in [2.24, 2.45) is 0 Å². The number of amides is 2. The second-order valence-corrected chi connectivity index (χ2v) is 8.61. The molecular formula is C24H25ClN2O5. The first kappa shape index (κ1) is 22.1. The van der Waals surface area contributed by atoms with Crippen molar-refractivity contribution in [1.82, 2.24) is 10.2 Å². The molecule has 1 fully saturated rings. The lowest BCUT2D eigenvalue weighted by Gasteiger charge is -2.43. The lowest BCUT2D eigenvalue weighted by Crippen LogP contribution is -2.51. The van der Waals surface area contributed by atoms with Crippen LogP contribution in [0, 0.1) is 0 Å². The van der Waals surface area contributed by atoms with Crippen molar-refractivity contribution in [3.05, 3.63) is 58.6 Å². The van der Waals surface area contributed by atoms with Crippen molar-refractivity contribution in [2.45, 2.75) is 38.3 Å². The highest BCUT2D eigenvalue weighted by molar-refractivity contribution is 6.31. The Hall–Kier alpha value is -3.06. The molecule has 2 amide bonds. The van der Waals surface area contributed by atoms with Gasteiger partial charge in [-0.3, -0.25) is 14.4 Å². The summed E-state index contributed by atoms with van der Waals surface area (Å²) < 4.78 is 11.8. The number of fused-ring (bicyclic) bond motifs is 1. The van der Waals surface area contributed by atoms with E-state index in [1.807, 2.05) is 18.2 Å². The van der Waals surface area contributed by atoms with E-state index in [4.69, 9.17) is 21.1 Å². The van der Waals surface area contributed by atoms with Gasteiger partial charge in [-0.15, -0.1) is 0 Å². The molecule has 2 aromatic rings. The topological polar surface area (TPSA) is 84.9 Å². The summed E-state index contributed by atoms with van der Waals surface area (Å²) in [7, 11) is 0. The second-order valence-electron chi connectivity index (χ2n) is 8.21. The molecule has 2 aromatic carbocycles. The Morgan fingerprint density at radius 3 is 2.66 bits per heavy atom. The third kappa shape index (κ3) is 4.88. The van der Waals surface area contributed by atoms with Crippen LogP contribution in [0.4, 0.5) is 0 Å². The summed E-state index contributed by atoms with van der Waals surface area (Å²) in [6, 6.07) is 12.3. The fourth-order valence-corrected chi connectivity index (χ4v) is 4.31. The number of hydrogen-bond donors (Lipinski definition) is 1. The zero-order valence-electron chi connectivity index (χ0n) is 17.9. The number of halogens is 1. The molecule has 32 heavy (non-hydrogen) atoms. The van der Waals surface area contributed by atoms with Crippen LogP contribution in [0.5, 0.6) is 11.5 Å². The summed E-state index contributed by atoms with van der Waals surface area (Å²) in [5.41, 5.74) is 0.720. The summed E-state index contributed by atoms with van der Waals surface area (Å²) in [5.74, 6) is 0.682. The minimum absolute atomic E-state index is 0.0175. The molecule has 7 nitrogen and oxygen atoms in total. The number of carbonyl (C=O) groups is 3. The van der Waals surface area contributed by atoms with Crippen molar-refractivity contribution in [1.29, 1.82) is 0 Å². The second kappa shape index (κ2) is 9.20. The first-order chi connectivity index (χ1) is 15.3. The molecule has 4 rings (SSSR count). The molecule has 0 radical (unpaired) electrons. The molecule has 0 aromatic heterocycles. The molecule has 1 N–H and O–H groups in total. The van der Waals surface area contributed by atoms with Crippen LogP contribution in [0.3, 0.4) is 0 Å². The number of benzene rings is 2. The Morgan fingerprint density at radius 1 is 1.19 bits per heavy atom. The zero-order valence-corrected chi connectivity index (χ0v) is 18.6. The van der Waals surface area contributed by atoms with Crippen molar-refractivity contribution >= 4 is 29.2 Å². The van der Waals surface area contributed by atoms with Crippen LogP contribution in [0.1, 0.15) is 42.1 Å². The molecule has 2 heterocycles. The van der Waals surface area contributed by atoms with Gasteiger partial charge in [-0.2, -0.15) is 0 Å². The highest BCUT2D eigenvalue weighted by Gasteiger charge is 2.43. The van der Waals surface area contributed by atoms with Crippen LogP contribution >= 0.6 is 11.6 Å². The molecule has 1 saturated heterocycles. The normalized spacial score (nSPS) is 16.8. The van der Waals surface area contributed by atoms with E-state index in [9.17, 15) is 14.4 Å². The lowest BCUT2D eigenvalue weighted by molar-refractivity contribution is -0.132. The number of ketones is 1. The first-order valence-corrected chi connectivity index (χ1v) is 11.0. The molecule has 2 aliphatic heterocycles. The van der Waals surface area contributed by atoms with Crippen molar-refractivity contribution in [3.8, 4) is 11.5 Å². The minimum atomic E-state index is -0.559. The maximum absolute atomic E-state index is 12.8. The number of Topliss-reactive ketones (excluding diaryl/α,β-unsaturated/α-hetero) is 1. The van der Waals surface area contributed by atoms with Crippen LogP contribution in [0.15, 0.2) is 42.5 Å². The van der Waals surface area contributed by atoms with Crippen molar-refractivity contribution in [2.75, 3.05) is 19.7 Å². The van der Waals surface area contributed by atoms with E-state index >= 15 is 0 Å². The summed E-state index contributed by atoms with van der Waals surface area (Å²) >= 11 is 6.09. The quantitative estimate of drug-likeness (QED) is 0.745. The van der Waals surface area contributed by atoms with Crippen LogP contribution in [0.25, 0.3) is 0 Å². The Labute approximate surface area is 191 Å². The van der Waals surface area contributed by atoms with Gasteiger partial charge in [0.25, 0.3) is 5.91 Å². The summed E-state index contributed by atoms with van der Waals surface area (Å²) in [6.07, 6.45) is 1.52. The number of hydrogen-bond acceptors (Lipinski definition) is 5. The number of piperidine rings is 1. The van der Waals surface area contributed by atoms with Gasteiger partial charge in [0.15, 0.2) is 12.4 Å². The van der Waals surface area contributed by atoms with Crippen LogP contribution in [-0.2, 0) is 16.1 Å². The monoisotopic (exact) mass is 456 g/mol. The fourth-order valence-electron chi connectivity index (χ4n) is 4.11. The summed E-state index contributed by atoms with van der Waals surface area (Å²) in [4.78, 5) is 38.3. The maximum atomic E-state index is 12.8. The number of ether oxygens (including phenoxy) is 2. The smallest absolute Gasteiger partial charge is 0.258 e. The number of rotatable bonds is 5. The lowest BCUT2D eigenvalue weighted by atomic mass is 9.82. The molecule has 1 spiro atoms. The van der Waals surface area contributed by atoms with E-state index in [0.717, 1.165) is 5.56 Å². The van der Waals surface area contributed by atoms with Gasteiger partial charge in [-0.25, -0.2) is 0 Å². The van der Waals surface area contributed by atoms with Crippen molar-refractivity contribution in [3.63, 3.8) is 0 Å². The van der Waals surface area contributed by atoms with E-state index < -0.39 is 5.60 Å². The Bertz CT molecular complexity index is 1050. The molecule has 0 unspecified atom stereocenters. The molecule has 8 heteroatoms. The predicted octanol–water partition coefficient (Wildman–Crippen LogP) is 3.38.